The van der Waals surface area contributed by atoms with Crippen LogP contribution in [0.2, 0.25) is 5.02 Å². The summed E-state index contributed by atoms with van der Waals surface area (Å²) < 4.78 is 0. The first-order valence-electron chi connectivity index (χ1n) is 4.25. The summed E-state index contributed by atoms with van der Waals surface area (Å²) in [5, 5.41) is 21.2. The molecule has 0 heterocycles. The largest absolute Gasteiger partial charge is 0.392 e. The SMILES string of the molecule is C[C@H](O)CNc1cc(C#N)ccc1Cl. The first kappa shape index (κ1) is 10.8. The highest BCUT2D eigenvalue weighted by Gasteiger charge is 2.02. The molecule has 0 fully saturated rings. The summed E-state index contributed by atoms with van der Waals surface area (Å²) in [5.41, 5.74) is 1.22. The number of hydrogen-bond acceptors (Lipinski definition) is 3. The number of anilines is 1. The van der Waals surface area contributed by atoms with Crippen LogP contribution in [0.4, 0.5) is 5.69 Å². The molecule has 2 N–H and O–H groups in total. The highest BCUT2D eigenvalue weighted by atomic mass is 35.5. The minimum atomic E-state index is -0.447. The molecule has 0 radical (unpaired) electrons. The van der Waals surface area contributed by atoms with E-state index in [-0.39, 0.29) is 0 Å². The smallest absolute Gasteiger partial charge is 0.0992 e. The number of rotatable bonds is 3. The van der Waals surface area contributed by atoms with E-state index in [9.17, 15) is 0 Å². The predicted molar refractivity (Wildman–Crippen MR) is 56.3 cm³/mol. The van der Waals surface area contributed by atoms with Crippen LogP contribution in [0.1, 0.15) is 12.5 Å². The second-order valence-electron chi connectivity index (χ2n) is 3.04. The van der Waals surface area contributed by atoms with E-state index >= 15 is 0 Å². The normalized spacial score (nSPS) is 11.9. The Bertz CT molecular complexity index is 358. The molecular formula is C10H11ClN2O. The average molecular weight is 211 g/mol. The summed E-state index contributed by atoms with van der Waals surface area (Å²) in [6, 6.07) is 6.98. The monoisotopic (exact) mass is 210 g/mol. The molecule has 0 spiro atoms. The van der Waals surface area contributed by atoms with E-state index in [2.05, 4.69) is 5.32 Å². The zero-order valence-corrected chi connectivity index (χ0v) is 8.54. The molecule has 0 aromatic heterocycles. The fourth-order valence-corrected chi connectivity index (χ4v) is 1.17. The van der Waals surface area contributed by atoms with Gasteiger partial charge in [-0.3, -0.25) is 0 Å². The van der Waals surface area contributed by atoms with Gasteiger partial charge >= 0.3 is 0 Å². The lowest BCUT2D eigenvalue weighted by molar-refractivity contribution is 0.208. The van der Waals surface area contributed by atoms with Crippen molar-refractivity contribution in [2.24, 2.45) is 0 Å². The molecule has 74 valence electrons. The molecule has 0 aliphatic heterocycles. The van der Waals surface area contributed by atoms with Crippen molar-refractivity contribution in [1.82, 2.24) is 0 Å². The van der Waals surface area contributed by atoms with Gasteiger partial charge in [0, 0.05) is 6.54 Å². The molecule has 0 amide bonds. The number of hydrogen-bond donors (Lipinski definition) is 2. The van der Waals surface area contributed by atoms with Gasteiger partial charge in [-0.1, -0.05) is 11.6 Å². The molecule has 0 saturated heterocycles. The van der Waals surface area contributed by atoms with Crippen molar-refractivity contribution in [3.63, 3.8) is 0 Å². The lowest BCUT2D eigenvalue weighted by Gasteiger charge is -2.09. The van der Waals surface area contributed by atoms with Crippen LogP contribution in [-0.4, -0.2) is 17.8 Å². The van der Waals surface area contributed by atoms with Gasteiger partial charge < -0.3 is 10.4 Å². The molecule has 0 aliphatic carbocycles. The summed E-state index contributed by atoms with van der Waals surface area (Å²) >= 11 is 5.88. The van der Waals surface area contributed by atoms with E-state index in [1.165, 1.54) is 0 Å². The van der Waals surface area contributed by atoms with Crippen LogP contribution >= 0.6 is 11.6 Å². The summed E-state index contributed by atoms with van der Waals surface area (Å²) in [4.78, 5) is 0. The number of aliphatic hydroxyl groups is 1. The number of nitrogens with zero attached hydrogens (tertiary/aromatic N) is 1. The number of nitriles is 1. The molecule has 1 aromatic rings. The van der Waals surface area contributed by atoms with E-state index in [1.54, 1.807) is 25.1 Å². The molecule has 0 saturated carbocycles. The van der Waals surface area contributed by atoms with E-state index in [4.69, 9.17) is 22.0 Å². The van der Waals surface area contributed by atoms with Gasteiger partial charge in [-0.05, 0) is 25.1 Å². The number of benzene rings is 1. The van der Waals surface area contributed by atoms with Crippen LogP contribution in [0.15, 0.2) is 18.2 Å². The quantitative estimate of drug-likeness (QED) is 0.803. The molecule has 0 aliphatic rings. The second kappa shape index (κ2) is 4.85. The Morgan fingerprint density at radius 2 is 2.36 bits per heavy atom. The number of halogens is 1. The first-order valence-corrected chi connectivity index (χ1v) is 4.63. The van der Waals surface area contributed by atoms with Crippen molar-refractivity contribution in [3.05, 3.63) is 28.8 Å². The summed E-state index contributed by atoms with van der Waals surface area (Å²) in [7, 11) is 0. The Morgan fingerprint density at radius 3 is 2.93 bits per heavy atom. The average Bonchev–Trinajstić information content (AvgIpc) is 2.16. The van der Waals surface area contributed by atoms with Crippen LogP contribution in [0, 0.1) is 11.3 Å². The third-order valence-corrected chi connectivity index (χ3v) is 2.01. The predicted octanol–water partition coefficient (Wildman–Crippen LogP) is 2.00. The van der Waals surface area contributed by atoms with Crippen LogP contribution in [0.3, 0.4) is 0 Å². The van der Waals surface area contributed by atoms with Crippen molar-refractivity contribution >= 4 is 17.3 Å². The lowest BCUT2D eigenvalue weighted by atomic mass is 10.2. The Hall–Kier alpha value is -1.24. The standard InChI is InChI=1S/C10H11ClN2O/c1-7(14)6-13-10-4-8(5-12)2-3-9(10)11/h2-4,7,13-14H,6H2,1H3/t7-/m0/s1. The van der Waals surface area contributed by atoms with Gasteiger partial charge in [0.05, 0.1) is 28.4 Å². The molecule has 0 unspecified atom stereocenters. The van der Waals surface area contributed by atoms with Crippen LogP contribution in [0.25, 0.3) is 0 Å². The summed E-state index contributed by atoms with van der Waals surface area (Å²) in [6.45, 7) is 2.09. The molecule has 0 bridgehead atoms. The Morgan fingerprint density at radius 1 is 1.64 bits per heavy atom. The maximum Gasteiger partial charge on any atom is 0.0992 e. The van der Waals surface area contributed by atoms with Gasteiger partial charge in [-0.2, -0.15) is 5.26 Å². The van der Waals surface area contributed by atoms with Gasteiger partial charge in [-0.25, -0.2) is 0 Å². The summed E-state index contributed by atoms with van der Waals surface area (Å²) in [5.74, 6) is 0. The Balaban J connectivity index is 2.80. The zero-order valence-electron chi connectivity index (χ0n) is 7.79. The minimum absolute atomic E-state index is 0.411. The fourth-order valence-electron chi connectivity index (χ4n) is 0.988. The van der Waals surface area contributed by atoms with Crippen LogP contribution in [0.5, 0.6) is 0 Å². The molecule has 14 heavy (non-hydrogen) atoms. The molecule has 3 nitrogen and oxygen atoms in total. The second-order valence-corrected chi connectivity index (χ2v) is 3.44. The highest BCUT2D eigenvalue weighted by molar-refractivity contribution is 6.33. The Labute approximate surface area is 87.9 Å². The van der Waals surface area contributed by atoms with Crippen molar-refractivity contribution in [2.75, 3.05) is 11.9 Å². The first-order chi connectivity index (χ1) is 6.63. The van der Waals surface area contributed by atoms with E-state index in [0.717, 1.165) is 0 Å². The van der Waals surface area contributed by atoms with Gasteiger partial charge in [0.1, 0.15) is 0 Å². The third-order valence-electron chi connectivity index (χ3n) is 1.68. The topological polar surface area (TPSA) is 56.0 Å². The maximum atomic E-state index is 9.06. The van der Waals surface area contributed by atoms with Gasteiger partial charge in [0.25, 0.3) is 0 Å². The number of aliphatic hydroxyl groups excluding tert-OH is 1. The van der Waals surface area contributed by atoms with Gasteiger partial charge in [0.15, 0.2) is 0 Å². The summed E-state index contributed by atoms with van der Waals surface area (Å²) in [6.07, 6.45) is -0.447. The minimum Gasteiger partial charge on any atom is -0.392 e. The third kappa shape index (κ3) is 2.91. The van der Waals surface area contributed by atoms with Gasteiger partial charge in [-0.15, -0.1) is 0 Å². The Kier molecular flexibility index (Phi) is 3.75. The van der Waals surface area contributed by atoms with E-state index in [1.807, 2.05) is 6.07 Å². The van der Waals surface area contributed by atoms with Gasteiger partial charge in [0.2, 0.25) is 0 Å². The lowest BCUT2D eigenvalue weighted by Crippen LogP contribution is -2.15. The van der Waals surface area contributed by atoms with Crippen molar-refractivity contribution < 1.29 is 5.11 Å². The molecule has 1 rings (SSSR count). The number of nitrogens with one attached hydrogen (secondary N) is 1. The van der Waals surface area contributed by atoms with Crippen molar-refractivity contribution in [2.45, 2.75) is 13.0 Å². The van der Waals surface area contributed by atoms with Crippen molar-refractivity contribution in [1.29, 1.82) is 5.26 Å². The molecule has 1 atom stereocenters. The van der Waals surface area contributed by atoms with E-state index in [0.29, 0.717) is 22.8 Å². The van der Waals surface area contributed by atoms with Crippen molar-refractivity contribution in [3.8, 4) is 6.07 Å². The van der Waals surface area contributed by atoms with Crippen LogP contribution < -0.4 is 5.32 Å². The highest BCUT2D eigenvalue weighted by Crippen LogP contribution is 2.22. The zero-order chi connectivity index (χ0) is 10.6. The maximum absolute atomic E-state index is 9.06. The van der Waals surface area contributed by atoms with Crippen LogP contribution in [-0.2, 0) is 0 Å². The van der Waals surface area contributed by atoms with E-state index < -0.39 is 6.10 Å². The molecule has 4 heteroatoms. The fraction of sp³-hybridized carbons (Fsp3) is 0.300. The molecule has 1 aromatic carbocycles. The molecular weight excluding hydrogens is 200 g/mol.